The lowest BCUT2D eigenvalue weighted by Gasteiger charge is -2.21. The maximum Gasteiger partial charge on any atom is 0.0377 e. The normalized spacial score (nSPS) is 21.2. The Morgan fingerprint density at radius 2 is 2.00 bits per heavy atom. The van der Waals surface area contributed by atoms with Gasteiger partial charge in [-0.05, 0) is 49.9 Å². The van der Waals surface area contributed by atoms with Gasteiger partial charge < -0.3 is 10.6 Å². The fraction of sp³-hybridized carbons (Fsp3) is 0.600. The minimum atomic E-state index is 0.586. The molecule has 1 saturated heterocycles. The second kappa shape index (κ2) is 6.06. The number of benzene rings is 1. The molecule has 1 aliphatic rings. The van der Waals surface area contributed by atoms with Crippen molar-refractivity contribution in [3.63, 3.8) is 0 Å². The highest BCUT2D eigenvalue weighted by Gasteiger charge is 2.13. The minimum Gasteiger partial charge on any atom is -0.382 e. The number of rotatable bonds is 3. The summed E-state index contributed by atoms with van der Waals surface area (Å²) in [6, 6.07) is 9.35. The van der Waals surface area contributed by atoms with Gasteiger partial charge in [0, 0.05) is 11.7 Å². The van der Waals surface area contributed by atoms with Gasteiger partial charge in [0.05, 0.1) is 0 Å². The lowest BCUT2D eigenvalue weighted by Crippen LogP contribution is -2.22. The molecule has 0 saturated carbocycles. The first-order valence-electron chi connectivity index (χ1n) is 6.83. The van der Waals surface area contributed by atoms with Crippen LogP contribution in [0.4, 0.5) is 5.69 Å². The van der Waals surface area contributed by atoms with Gasteiger partial charge in [-0.2, -0.15) is 0 Å². The Kier molecular flexibility index (Phi) is 4.43. The third-order valence-corrected chi connectivity index (χ3v) is 3.52. The number of hydrogen-bond acceptors (Lipinski definition) is 2. The molecule has 1 atom stereocenters. The zero-order valence-electron chi connectivity index (χ0n) is 11.0. The Morgan fingerprint density at radius 1 is 1.18 bits per heavy atom. The van der Waals surface area contributed by atoms with Crippen molar-refractivity contribution in [2.45, 2.75) is 45.1 Å². The molecule has 2 heteroatoms. The standard InChI is InChI=1S/C15H24N2/c1-12(2)14-7-3-4-8-15(14)17-13-6-5-10-16-11-9-13/h3-4,7-8,12-13,16-17H,5-6,9-11H2,1-2H3. The van der Waals surface area contributed by atoms with Crippen LogP contribution in [0.15, 0.2) is 24.3 Å². The summed E-state index contributed by atoms with van der Waals surface area (Å²) in [5.74, 6) is 0.586. The lowest BCUT2D eigenvalue weighted by atomic mass is 10.00. The Bertz CT molecular complexity index is 339. The highest BCUT2D eigenvalue weighted by Crippen LogP contribution is 2.25. The van der Waals surface area contributed by atoms with Crippen molar-refractivity contribution in [3.05, 3.63) is 29.8 Å². The van der Waals surface area contributed by atoms with Crippen LogP contribution in [0.1, 0.15) is 44.6 Å². The van der Waals surface area contributed by atoms with Crippen molar-refractivity contribution in [3.8, 4) is 0 Å². The molecule has 0 aromatic heterocycles. The fourth-order valence-electron chi connectivity index (χ4n) is 2.52. The van der Waals surface area contributed by atoms with Crippen LogP contribution >= 0.6 is 0 Å². The first kappa shape index (κ1) is 12.4. The average molecular weight is 232 g/mol. The van der Waals surface area contributed by atoms with Gasteiger partial charge in [0.2, 0.25) is 0 Å². The van der Waals surface area contributed by atoms with Crippen LogP contribution in [0.3, 0.4) is 0 Å². The van der Waals surface area contributed by atoms with Crippen LogP contribution in [0.25, 0.3) is 0 Å². The highest BCUT2D eigenvalue weighted by atomic mass is 14.9. The molecule has 0 amide bonds. The number of nitrogens with one attached hydrogen (secondary N) is 2. The molecule has 94 valence electrons. The monoisotopic (exact) mass is 232 g/mol. The van der Waals surface area contributed by atoms with Gasteiger partial charge in [-0.3, -0.25) is 0 Å². The molecular weight excluding hydrogens is 208 g/mol. The summed E-state index contributed by atoms with van der Waals surface area (Å²) in [4.78, 5) is 0. The van der Waals surface area contributed by atoms with Crippen LogP contribution in [-0.2, 0) is 0 Å². The van der Waals surface area contributed by atoms with E-state index in [-0.39, 0.29) is 0 Å². The van der Waals surface area contributed by atoms with E-state index in [0.29, 0.717) is 12.0 Å². The molecule has 1 aliphatic heterocycles. The van der Waals surface area contributed by atoms with Crippen LogP contribution < -0.4 is 10.6 Å². The van der Waals surface area contributed by atoms with Crippen LogP contribution in [0, 0.1) is 0 Å². The number of hydrogen-bond donors (Lipinski definition) is 2. The molecule has 17 heavy (non-hydrogen) atoms. The molecule has 2 nitrogen and oxygen atoms in total. The van der Waals surface area contributed by atoms with Crippen molar-refractivity contribution in [1.82, 2.24) is 5.32 Å². The first-order chi connectivity index (χ1) is 8.27. The summed E-state index contributed by atoms with van der Waals surface area (Å²) in [7, 11) is 0. The smallest absolute Gasteiger partial charge is 0.0377 e. The quantitative estimate of drug-likeness (QED) is 0.835. The van der Waals surface area contributed by atoms with E-state index in [4.69, 9.17) is 0 Å². The van der Waals surface area contributed by atoms with Crippen molar-refractivity contribution in [1.29, 1.82) is 0 Å². The van der Waals surface area contributed by atoms with Crippen LogP contribution in [-0.4, -0.2) is 19.1 Å². The van der Waals surface area contributed by atoms with Gasteiger partial charge in [0.25, 0.3) is 0 Å². The van der Waals surface area contributed by atoms with Crippen molar-refractivity contribution >= 4 is 5.69 Å². The summed E-state index contributed by atoms with van der Waals surface area (Å²) in [6.45, 7) is 6.83. The molecule has 1 heterocycles. The lowest BCUT2D eigenvalue weighted by molar-refractivity contribution is 0.636. The molecule has 1 aromatic rings. The van der Waals surface area contributed by atoms with Gasteiger partial charge in [-0.15, -0.1) is 0 Å². The summed E-state index contributed by atoms with van der Waals surface area (Å²) in [5, 5.41) is 7.19. The van der Waals surface area contributed by atoms with Crippen molar-refractivity contribution in [2.75, 3.05) is 18.4 Å². The Balaban J connectivity index is 2.06. The maximum absolute atomic E-state index is 3.73. The molecule has 2 rings (SSSR count). The molecule has 0 radical (unpaired) electrons. The van der Waals surface area contributed by atoms with Gasteiger partial charge in [-0.25, -0.2) is 0 Å². The van der Waals surface area contributed by atoms with E-state index in [2.05, 4.69) is 48.7 Å². The third kappa shape index (κ3) is 3.47. The average Bonchev–Trinajstić information content (AvgIpc) is 2.58. The van der Waals surface area contributed by atoms with Crippen LogP contribution in [0.5, 0.6) is 0 Å². The van der Waals surface area contributed by atoms with E-state index in [9.17, 15) is 0 Å². The predicted molar refractivity (Wildman–Crippen MR) is 74.7 cm³/mol. The summed E-state index contributed by atoms with van der Waals surface area (Å²) in [6.07, 6.45) is 3.79. The zero-order chi connectivity index (χ0) is 12.1. The Hall–Kier alpha value is -1.02. The van der Waals surface area contributed by atoms with Gasteiger partial charge >= 0.3 is 0 Å². The second-order valence-corrected chi connectivity index (χ2v) is 5.26. The largest absolute Gasteiger partial charge is 0.382 e. The van der Waals surface area contributed by atoms with E-state index in [1.807, 2.05) is 0 Å². The van der Waals surface area contributed by atoms with Crippen LogP contribution in [0.2, 0.25) is 0 Å². The second-order valence-electron chi connectivity index (χ2n) is 5.26. The molecule has 0 aliphatic carbocycles. The summed E-state index contributed by atoms with van der Waals surface area (Å²) < 4.78 is 0. The highest BCUT2D eigenvalue weighted by molar-refractivity contribution is 5.53. The SMILES string of the molecule is CC(C)c1ccccc1NC1CCCNCC1. The van der Waals surface area contributed by atoms with E-state index in [1.54, 1.807) is 0 Å². The molecule has 0 spiro atoms. The van der Waals surface area contributed by atoms with Crippen molar-refractivity contribution < 1.29 is 0 Å². The molecule has 1 unspecified atom stereocenters. The van der Waals surface area contributed by atoms with E-state index >= 15 is 0 Å². The molecule has 1 fully saturated rings. The number of anilines is 1. The van der Waals surface area contributed by atoms with Gasteiger partial charge in [0.15, 0.2) is 0 Å². The Labute approximate surface area is 105 Å². The number of para-hydroxylation sites is 1. The first-order valence-corrected chi connectivity index (χ1v) is 6.83. The molecule has 2 N–H and O–H groups in total. The molecule has 1 aromatic carbocycles. The topological polar surface area (TPSA) is 24.1 Å². The zero-order valence-corrected chi connectivity index (χ0v) is 11.0. The van der Waals surface area contributed by atoms with Gasteiger partial charge in [0.1, 0.15) is 0 Å². The predicted octanol–water partition coefficient (Wildman–Crippen LogP) is 3.36. The molecular formula is C15H24N2. The van der Waals surface area contributed by atoms with Crippen molar-refractivity contribution in [2.24, 2.45) is 0 Å². The maximum atomic E-state index is 3.73. The third-order valence-electron chi connectivity index (χ3n) is 3.52. The Morgan fingerprint density at radius 3 is 2.82 bits per heavy atom. The summed E-state index contributed by atoms with van der Waals surface area (Å²) in [5.41, 5.74) is 2.76. The van der Waals surface area contributed by atoms with E-state index in [1.165, 1.54) is 37.1 Å². The van der Waals surface area contributed by atoms with E-state index < -0.39 is 0 Å². The fourth-order valence-corrected chi connectivity index (χ4v) is 2.52. The van der Waals surface area contributed by atoms with Gasteiger partial charge in [-0.1, -0.05) is 32.0 Å². The summed E-state index contributed by atoms with van der Waals surface area (Å²) >= 11 is 0. The van der Waals surface area contributed by atoms with E-state index in [0.717, 1.165) is 6.54 Å². The minimum absolute atomic E-state index is 0.586. The molecule has 0 bridgehead atoms.